The molecule has 0 bridgehead atoms. The molecule has 1 fully saturated rings. The Morgan fingerprint density at radius 2 is 1.62 bits per heavy atom. The minimum absolute atomic E-state index is 0.738. The van der Waals surface area contributed by atoms with Crippen LogP contribution in [0.15, 0.2) is 94.9 Å². The van der Waals surface area contributed by atoms with Crippen LogP contribution in [0.2, 0.25) is 0 Å². The van der Waals surface area contributed by atoms with Crippen LogP contribution >= 0.6 is 23.5 Å². The highest BCUT2D eigenvalue weighted by Crippen LogP contribution is 2.35. The molecule has 2 aromatic heterocycles. The van der Waals surface area contributed by atoms with Crippen LogP contribution in [0.3, 0.4) is 0 Å². The molecule has 0 spiro atoms. The zero-order chi connectivity index (χ0) is 34.5. The van der Waals surface area contributed by atoms with Gasteiger partial charge < -0.3 is 20.0 Å². The Labute approximate surface area is 295 Å². The lowest BCUT2D eigenvalue weighted by Gasteiger charge is -2.37. The van der Waals surface area contributed by atoms with Crippen LogP contribution in [-0.4, -0.2) is 97.4 Å². The van der Waals surface area contributed by atoms with Crippen molar-refractivity contribution in [3.63, 3.8) is 0 Å². The van der Waals surface area contributed by atoms with Crippen molar-refractivity contribution in [2.75, 3.05) is 82.6 Å². The van der Waals surface area contributed by atoms with Gasteiger partial charge in [-0.05, 0) is 75.1 Å². The number of nitrogens with zero attached hydrogens (tertiary/aromatic N) is 7. The Morgan fingerprint density at radius 3 is 2.23 bits per heavy atom. The minimum atomic E-state index is 0.738. The summed E-state index contributed by atoms with van der Waals surface area (Å²) in [5.41, 5.74) is 4.73. The van der Waals surface area contributed by atoms with Gasteiger partial charge in [0.1, 0.15) is 11.6 Å². The fourth-order valence-corrected chi connectivity index (χ4v) is 6.90. The normalized spacial score (nSPS) is 13.2. The number of allylic oxidation sites excluding steroid dienone is 2. The molecule has 0 saturated carbocycles. The zero-order valence-corrected chi connectivity index (χ0v) is 31.0. The number of likely N-dealkylation sites (N-methyl/N-ethyl adjacent to an activating group) is 1. The molecular formula is C37H51N9S2. The SMILES string of the molecule is C=CC=C.CCc1c(Nc2cc(C)[nH]n2)nc(Sc2ccc(SCc3ccccc3N(C)C)cc2)nc1N1CCN(CCN(C)C)CC1. The molecule has 2 N–H and O–H groups in total. The van der Waals surface area contributed by atoms with Crippen LogP contribution in [0.4, 0.5) is 23.1 Å². The third-order valence-electron chi connectivity index (χ3n) is 7.87. The zero-order valence-electron chi connectivity index (χ0n) is 29.4. The first kappa shape index (κ1) is 37.1. The molecule has 1 saturated heterocycles. The third-order valence-corrected chi connectivity index (χ3v) is 9.81. The number of piperazine rings is 1. The Hall–Kier alpha value is -3.77. The monoisotopic (exact) mass is 685 g/mol. The summed E-state index contributed by atoms with van der Waals surface area (Å²) >= 11 is 3.46. The van der Waals surface area contributed by atoms with Crippen LogP contribution < -0.4 is 15.1 Å². The van der Waals surface area contributed by atoms with E-state index < -0.39 is 0 Å². The Bertz CT molecular complexity index is 1590. The highest BCUT2D eigenvalue weighted by atomic mass is 32.2. The first-order valence-corrected chi connectivity index (χ1v) is 18.2. The first-order chi connectivity index (χ1) is 23.2. The van der Waals surface area contributed by atoms with Gasteiger partial charge in [-0.25, -0.2) is 9.97 Å². The number of aryl methyl sites for hydroxylation is 1. The van der Waals surface area contributed by atoms with Crippen molar-refractivity contribution in [3.8, 4) is 0 Å². The van der Waals surface area contributed by atoms with Gasteiger partial charge in [0.2, 0.25) is 0 Å². The number of H-pyrrole nitrogens is 1. The maximum Gasteiger partial charge on any atom is 0.196 e. The smallest absolute Gasteiger partial charge is 0.196 e. The van der Waals surface area contributed by atoms with Gasteiger partial charge in [-0.15, -0.1) is 11.8 Å². The number of aromatic amines is 1. The lowest BCUT2D eigenvalue weighted by Crippen LogP contribution is -2.48. The van der Waals surface area contributed by atoms with E-state index in [4.69, 9.17) is 9.97 Å². The summed E-state index contributed by atoms with van der Waals surface area (Å²) in [7, 11) is 8.47. The van der Waals surface area contributed by atoms with E-state index in [1.54, 1.807) is 23.9 Å². The molecular weight excluding hydrogens is 635 g/mol. The summed E-state index contributed by atoms with van der Waals surface area (Å²) in [6.45, 7) is 17.0. The molecule has 0 radical (unpaired) electrons. The van der Waals surface area contributed by atoms with Crippen molar-refractivity contribution in [3.05, 3.63) is 96.7 Å². The second kappa shape index (κ2) is 18.7. The summed E-state index contributed by atoms with van der Waals surface area (Å²) in [6, 6.07) is 19.4. The molecule has 9 nitrogen and oxygen atoms in total. The Kier molecular flexibility index (Phi) is 14.4. The van der Waals surface area contributed by atoms with E-state index in [9.17, 15) is 0 Å². The van der Waals surface area contributed by atoms with Crippen LogP contribution in [0.1, 0.15) is 23.7 Å². The molecule has 3 heterocycles. The predicted octanol–water partition coefficient (Wildman–Crippen LogP) is 7.37. The van der Waals surface area contributed by atoms with E-state index in [-0.39, 0.29) is 0 Å². The number of nitrogens with one attached hydrogen (secondary N) is 2. The molecule has 4 aromatic rings. The summed E-state index contributed by atoms with van der Waals surface area (Å²) in [6.07, 6.45) is 4.11. The number of aromatic nitrogens is 4. The number of hydrogen-bond donors (Lipinski definition) is 2. The van der Waals surface area contributed by atoms with Crippen LogP contribution in [0.25, 0.3) is 0 Å². The van der Waals surface area contributed by atoms with E-state index in [1.165, 1.54) is 16.1 Å². The molecule has 0 atom stereocenters. The average Bonchev–Trinajstić information content (AvgIpc) is 3.51. The fourth-order valence-electron chi connectivity index (χ4n) is 5.26. The van der Waals surface area contributed by atoms with Gasteiger partial charge in [0.05, 0.1) is 0 Å². The molecule has 0 unspecified atom stereocenters. The molecule has 48 heavy (non-hydrogen) atoms. The first-order valence-electron chi connectivity index (χ1n) is 16.4. The van der Waals surface area contributed by atoms with Crippen molar-refractivity contribution in [1.29, 1.82) is 0 Å². The molecule has 0 amide bonds. The second-order valence-electron chi connectivity index (χ2n) is 12.1. The molecule has 1 aliphatic rings. The maximum absolute atomic E-state index is 5.17. The summed E-state index contributed by atoms with van der Waals surface area (Å²) < 4.78 is 0. The van der Waals surface area contributed by atoms with Crippen LogP contribution in [-0.2, 0) is 12.2 Å². The summed E-state index contributed by atoms with van der Waals surface area (Å²) in [5.74, 6) is 3.55. The molecule has 11 heteroatoms. The highest BCUT2D eigenvalue weighted by Gasteiger charge is 2.24. The number of para-hydroxylation sites is 1. The number of thioether (sulfide) groups is 1. The van der Waals surface area contributed by atoms with Crippen molar-refractivity contribution >= 4 is 46.7 Å². The lowest BCUT2D eigenvalue weighted by molar-refractivity contribution is 0.229. The van der Waals surface area contributed by atoms with Gasteiger partial charge >= 0.3 is 0 Å². The fraction of sp³-hybridized carbons (Fsp3) is 0.378. The van der Waals surface area contributed by atoms with Gasteiger partial charge in [-0.3, -0.25) is 10.00 Å². The lowest BCUT2D eigenvalue weighted by atomic mass is 10.2. The molecule has 5 rings (SSSR count). The van der Waals surface area contributed by atoms with Gasteiger partial charge in [-0.2, -0.15) is 5.10 Å². The number of anilines is 4. The van der Waals surface area contributed by atoms with E-state index >= 15 is 0 Å². The quantitative estimate of drug-likeness (QED) is 0.0799. The maximum atomic E-state index is 5.17. The molecule has 1 aliphatic heterocycles. The minimum Gasteiger partial charge on any atom is -0.377 e. The predicted molar refractivity (Wildman–Crippen MR) is 207 cm³/mol. The number of benzene rings is 2. The topological polar surface area (TPSA) is 79.4 Å². The van der Waals surface area contributed by atoms with Gasteiger partial charge in [0.25, 0.3) is 0 Å². The van der Waals surface area contributed by atoms with Crippen molar-refractivity contribution < 1.29 is 0 Å². The average molecular weight is 686 g/mol. The summed E-state index contributed by atoms with van der Waals surface area (Å²) in [4.78, 5) is 22.0. The standard InChI is InChI=1S/C33H45N9S2.C4H6/c1-7-28-31(34-30-22-24(2)37-38-30)35-33(36-32(28)42-20-18-41(19-21-42)17-16-39(3)4)44-27-14-12-26(13-15-27)43-23-25-10-8-9-11-29(25)40(5)6;1-3-4-2/h8-15,22H,7,16-21,23H2,1-6H3,(H2,34,35,36,37,38);3-4H,1-2H2. The van der Waals surface area contributed by atoms with Crippen LogP contribution in [0, 0.1) is 6.92 Å². The Balaban J connectivity index is 0.00000123. The van der Waals surface area contributed by atoms with Crippen molar-refractivity contribution in [2.45, 2.75) is 41.0 Å². The van der Waals surface area contributed by atoms with Gasteiger partial charge in [-0.1, -0.05) is 50.4 Å². The van der Waals surface area contributed by atoms with E-state index in [0.717, 1.165) is 90.2 Å². The van der Waals surface area contributed by atoms with E-state index in [0.29, 0.717) is 0 Å². The van der Waals surface area contributed by atoms with Gasteiger partial charge in [0, 0.05) is 91.9 Å². The van der Waals surface area contributed by atoms with Crippen molar-refractivity contribution in [1.82, 2.24) is 30.0 Å². The number of rotatable bonds is 14. The van der Waals surface area contributed by atoms with Crippen LogP contribution in [0.5, 0.6) is 0 Å². The molecule has 0 aliphatic carbocycles. The molecule has 256 valence electrons. The number of hydrogen-bond acceptors (Lipinski definition) is 10. The Morgan fingerprint density at radius 1 is 0.938 bits per heavy atom. The van der Waals surface area contributed by atoms with E-state index in [1.807, 2.05) is 24.8 Å². The highest BCUT2D eigenvalue weighted by molar-refractivity contribution is 7.99. The second-order valence-corrected chi connectivity index (χ2v) is 14.1. The van der Waals surface area contributed by atoms with E-state index in [2.05, 4.69) is 132 Å². The third kappa shape index (κ3) is 10.9. The van der Waals surface area contributed by atoms with Gasteiger partial charge in [0.15, 0.2) is 11.0 Å². The molecule has 2 aromatic carbocycles. The largest absolute Gasteiger partial charge is 0.377 e. The summed E-state index contributed by atoms with van der Waals surface area (Å²) in [5, 5.41) is 11.7. The van der Waals surface area contributed by atoms with Crippen molar-refractivity contribution in [2.24, 2.45) is 0 Å².